The lowest BCUT2D eigenvalue weighted by atomic mass is 9.65. The zero-order valence-electron chi connectivity index (χ0n) is 19.5. The average Bonchev–Trinajstić information content (AvgIpc) is 3.56. The van der Waals surface area contributed by atoms with Crippen LogP contribution in [0, 0.1) is 13.8 Å². The molecule has 0 unspecified atom stereocenters. The van der Waals surface area contributed by atoms with Gasteiger partial charge in [-0.05, 0) is 13.8 Å². The Morgan fingerprint density at radius 1 is 0.676 bits per heavy atom. The maximum atomic E-state index is 11.7. The Morgan fingerprint density at radius 2 is 1.06 bits per heavy atom. The highest BCUT2D eigenvalue weighted by atomic mass is 16.5. The predicted molar refractivity (Wildman–Crippen MR) is 120 cm³/mol. The van der Waals surface area contributed by atoms with Gasteiger partial charge >= 0.3 is 0 Å². The summed E-state index contributed by atoms with van der Waals surface area (Å²) in [5.41, 5.74) is -0.535. The smallest absolute Gasteiger partial charge is 0.291 e. The van der Waals surface area contributed by atoms with Gasteiger partial charge < -0.3 is 19.2 Å². The molecule has 0 aliphatic heterocycles. The van der Waals surface area contributed by atoms with Crippen molar-refractivity contribution in [3.8, 4) is 0 Å². The molecule has 0 fully saturated rings. The van der Waals surface area contributed by atoms with Crippen molar-refractivity contribution >= 4 is 23.0 Å². The molecule has 4 rings (SSSR count). The van der Waals surface area contributed by atoms with E-state index < -0.39 is 10.8 Å². The second kappa shape index (κ2) is 8.20. The van der Waals surface area contributed by atoms with Gasteiger partial charge in [0.05, 0.1) is 11.4 Å². The Kier molecular flexibility index (Phi) is 5.51. The number of nitrogens with one attached hydrogen (secondary N) is 4. The highest BCUT2D eigenvalue weighted by molar-refractivity contribution is 5.41. The summed E-state index contributed by atoms with van der Waals surface area (Å²) in [6.07, 6.45) is 0. The van der Waals surface area contributed by atoms with Crippen LogP contribution in [0.4, 0.5) is 23.0 Å². The molecule has 4 aromatic heterocycles. The van der Waals surface area contributed by atoms with Crippen LogP contribution in [0.3, 0.4) is 0 Å². The van der Waals surface area contributed by atoms with Crippen molar-refractivity contribution in [2.24, 2.45) is 20.5 Å². The number of H-pyrrole nitrogens is 4. The first-order valence-corrected chi connectivity index (χ1v) is 10.3. The highest BCUT2D eigenvalue weighted by Gasteiger charge is 2.45. The number of aryl methyl sites for hydroxylation is 2. The minimum atomic E-state index is -0.627. The van der Waals surface area contributed by atoms with E-state index in [1.165, 1.54) is 0 Å². The van der Waals surface area contributed by atoms with Crippen LogP contribution in [0.5, 0.6) is 0 Å². The number of aromatic nitrogens is 6. The Hall–Kier alpha value is -4.36. The molecular weight excluding hydrogens is 444 g/mol. The topological polar surface area (TPSA) is 199 Å². The van der Waals surface area contributed by atoms with Gasteiger partial charge in [0.1, 0.15) is 11.5 Å². The molecule has 0 radical (unpaired) electrons. The normalized spacial score (nSPS) is 13.0. The van der Waals surface area contributed by atoms with Gasteiger partial charge in [0.25, 0.3) is 11.1 Å². The van der Waals surface area contributed by atoms with Crippen LogP contribution in [0.2, 0.25) is 0 Å². The second-order valence-electron chi connectivity index (χ2n) is 8.85. The molecule has 0 aliphatic carbocycles. The van der Waals surface area contributed by atoms with Crippen LogP contribution < -0.4 is 11.1 Å². The summed E-state index contributed by atoms with van der Waals surface area (Å²) in [5, 5.41) is 34.1. The van der Waals surface area contributed by atoms with E-state index in [2.05, 4.69) is 51.2 Å². The average molecular weight is 468 g/mol. The molecule has 0 aromatic carbocycles. The van der Waals surface area contributed by atoms with Crippen LogP contribution in [0.15, 0.2) is 51.2 Å². The van der Waals surface area contributed by atoms with Gasteiger partial charge in [0.15, 0.2) is 11.4 Å². The van der Waals surface area contributed by atoms with Gasteiger partial charge in [0.2, 0.25) is 11.6 Å². The molecule has 0 bridgehead atoms. The molecule has 34 heavy (non-hydrogen) atoms. The summed E-state index contributed by atoms with van der Waals surface area (Å²) in [6, 6.07) is 3.30. The van der Waals surface area contributed by atoms with Crippen molar-refractivity contribution in [1.82, 2.24) is 30.7 Å². The maximum absolute atomic E-state index is 11.7. The molecule has 0 saturated carbocycles. The monoisotopic (exact) mass is 468 g/mol. The Morgan fingerprint density at radius 3 is 1.38 bits per heavy atom. The molecule has 0 saturated heterocycles. The first-order valence-electron chi connectivity index (χ1n) is 10.3. The van der Waals surface area contributed by atoms with Crippen molar-refractivity contribution < 1.29 is 9.05 Å². The van der Waals surface area contributed by atoms with Crippen LogP contribution in [0.1, 0.15) is 50.6 Å². The molecule has 4 heterocycles. The summed E-state index contributed by atoms with van der Waals surface area (Å²) in [7, 11) is 0. The van der Waals surface area contributed by atoms with Gasteiger partial charge in [-0.25, -0.2) is 0 Å². The molecule has 14 nitrogen and oxygen atoms in total. The number of rotatable bonds is 7. The third-order valence-corrected chi connectivity index (χ3v) is 6.16. The zero-order valence-corrected chi connectivity index (χ0v) is 19.5. The fourth-order valence-corrected chi connectivity index (χ4v) is 3.15. The lowest BCUT2D eigenvalue weighted by molar-refractivity contribution is 0.188. The number of nitrogens with zero attached hydrogens (tertiary/aromatic N) is 6. The van der Waals surface area contributed by atoms with Gasteiger partial charge in [-0.3, -0.25) is 19.8 Å². The third-order valence-electron chi connectivity index (χ3n) is 6.16. The van der Waals surface area contributed by atoms with Gasteiger partial charge in [-0.1, -0.05) is 38.0 Å². The minimum absolute atomic E-state index is 0.171. The molecule has 0 aliphatic rings. The van der Waals surface area contributed by atoms with Crippen LogP contribution in [-0.2, 0) is 10.8 Å². The lowest BCUT2D eigenvalue weighted by Gasteiger charge is -2.37. The molecular formula is C20H24N10O4. The fourth-order valence-electron chi connectivity index (χ4n) is 3.15. The van der Waals surface area contributed by atoms with E-state index >= 15 is 0 Å². The Balaban J connectivity index is 1.56. The van der Waals surface area contributed by atoms with Gasteiger partial charge in [0, 0.05) is 23.0 Å². The van der Waals surface area contributed by atoms with Crippen LogP contribution >= 0.6 is 0 Å². The summed E-state index contributed by atoms with van der Waals surface area (Å²) < 4.78 is 11.1. The summed E-state index contributed by atoms with van der Waals surface area (Å²) in [6.45, 7) is 11.2. The van der Waals surface area contributed by atoms with E-state index in [-0.39, 0.29) is 34.1 Å². The Bertz CT molecular complexity index is 1370. The molecule has 4 aromatic rings. The SMILES string of the molecule is Cc1[nH][nH]c(=O)c1N=Nc1cc(C(C)(C)C(C)(C)c2cc(N=Nc3c(C)[nH][nH]c3=O)no2)on1. The standard InChI is InChI=1S/C20H24N10O4/c1-9-15(17(31)27-21-9)25-23-13-7-11(33-29-13)19(3,4)20(5,6)12-8-14(30-34-12)24-26-16-10(2)22-28-18(16)32/h7-8H,1-6H3,(H2,21,27,31)(H2,22,28,32). The first kappa shape index (κ1) is 22.8. The van der Waals surface area contributed by atoms with Crippen molar-refractivity contribution in [2.75, 3.05) is 0 Å². The zero-order chi connectivity index (χ0) is 24.7. The van der Waals surface area contributed by atoms with Crippen LogP contribution in [0.25, 0.3) is 0 Å². The molecule has 0 spiro atoms. The molecule has 0 amide bonds. The molecule has 14 heteroatoms. The van der Waals surface area contributed by atoms with E-state index in [9.17, 15) is 9.59 Å². The maximum Gasteiger partial charge on any atom is 0.291 e. The predicted octanol–water partition coefficient (Wildman–Crippen LogP) is 4.40. The summed E-state index contributed by atoms with van der Waals surface area (Å²) >= 11 is 0. The highest BCUT2D eigenvalue weighted by Crippen LogP contribution is 2.45. The van der Waals surface area contributed by atoms with Crippen molar-refractivity contribution in [3.05, 3.63) is 55.7 Å². The van der Waals surface area contributed by atoms with Crippen molar-refractivity contribution in [1.29, 1.82) is 0 Å². The Labute approximate surface area is 191 Å². The quantitative estimate of drug-likeness (QED) is 0.290. The van der Waals surface area contributed by atoms with Gasteiger partial charge in [-0.2, -0.15) is 0 Å². The number of hydrogen-bond acceptors (Lipinski definition) is 10. The molecule has 0 atom stereocenters. The first-order chi connectivity index (χ1) is 16.0. The fraction of sp³-hybridized carbons (Fsp3) is 0.400. The van der Waals surface area contributed by atoms with E-state index in [0.717, 1.165) is 0 Å². The summed E-state index contributed by atoms with van der Waals surface area (Å²) in [4.78, 5) is 23.5. The second-order valence-corrected chi connectivity index (χ2v) is 8.85. The largest absolute Gasteiger partial charge is 0.358 e. The van der Waals surface area contributed by atoms with Crippen molar-refractivity contribution in [2.45, 2.75) is 52.4 Å². The minimum Gasteiger partial charge on any atom is -0.358 e. The van der Waals surface area contributed by atoms with Crippen molar-refractivity contribution in [3.63, 3.8) is 0 Å². The van der Waals surface area contributed by atoms with E-state index in [0.29, 0.717) is 22.9 Å². The van der Waals surface area contributed by atoms with E-state index in [1.807, 2.05) is 27.7 Å². The van der Waals surface area contributed by atoms with Gasteiger partial charge in [-0.15, -0.1) is 20.5 Å². The summed E-state index contributed by atoms with van der Waals surface area (Å²) in [5.74, 6) is 1.50. The number of hydrogen-bond donors (Lipinski definition) is 4. The van der Waals surface area contributed by atoms with E-state index in [1.54, 1.807) is 26.0 Å². The third kappa shape index (κ3) is 3.93. The lowest BCUT2D eigenvalue weighted by Crippen LogP contribution is -2.39. The molecule has 178 valence electrons. The van der Waals surface area contributed by atoms with Crippen LogP contribution in [-0.4, -0.2) is 30.7 Å². The number of aromatic amines is 4. The molecule has 4 N–H and O–H groups in total. The number of azo groups is 2. The van der Waals surface area contributed by atoms with E-state index in [4.69, 9.17) is 9.05 Å².